The molecular weight excluding hydrogens is 308 g/mol. The Labute approximate surface area is 130 Å². The Kier molecular flexibility index (Phi) is 4.26. The van der Waals surface area contributed by atoms with Crippen LogP contribution in [0.4, 0.5) is 0 Å². The summed E-state index contributed by atoms with van der Waals surface area (Å²) in [5.41, 5.74) is 5.94. The van der Waals surface area contributed by atoms with Crippen molar-refractivity contribution in [3.8, 4) is 0 Å². The molecule has 104 valence electrons. The average Bonchev–Trinajstić information content (AvgIpc) is 2.54. The Hall–Kier alpha value is -1.08. The fraction of sp³-hybridized carbons (Fsp3) is 0.368. The van der Waals surface area contributed by atoms with Crippen molar-refractivity contribution in [1.82, 2.24) is 0 Å². The number of hydrogen-bond donors (Lipinski definition) is 0. The molecule has 0 radical (unpaired) electrons. The smallest absolute Gasteiger partial charge is 0.0461 e. The van der Waals surface area contributed by atoms with E-state index in [-0.39, 0.29) is 0 Å². The van der Waals surface area contributed by atoms with Gasteiger partial charge in [-0.15, -0.1) is 0 Å². The van der Waals surface area contributed by atoms with Crippen LogP contribution in [0.3, 0.4) is 0 Å². The highest BCUT2D eigenvalue weighted by molar-refractivity contribution is 9.09. The fourth-order valence-corrected chi connectivity index (χ4v) is 3.73. The number of aryl methyl sites for hydroxylation is 2. The van der Waals surface area contributed by atoms with E-state index in [0.717, 1.165) is 0 Å². The Morgan fingerprint density at radius 3 is 2.30 bits per heavy atom. The van der Waals surface area contributed by atoms with Crippen LogP contribution in [0.15, 0.2) is 48.5 Å². The molecule has 1 aliphatic carbocycles. The number of rotatable bonds is 3. The predicted molar refractivity (Wildman–Crippen MR) is 89.6 cm³/mol. The van der Waals surface area contributed by atoms with Gasteiger partial charge in [-0.25, -0.2) is 0 Å². The summed E-state index contributed by atoms with van der Waals surface area (Å²) in [7, 11) is 0. The van der Waals surface area contributed by atoms with Crippen molar-refractivity contribution in [3.05, 3.63) is 70.8 Å². The molecule has 2 aromatic carbocycles. The quantitative estimate of drug-likeness (QED) is 0.624. The molecule has 0 aliphatic heterocycles. The molecule has 2 aromatic rings. The van der Waals surface area contributed by atoms with Gasteiger partial charge in [0, 0.05) is 4.83 Å². The minimum Gasteiger partial charge on any atom is -0.0832 e. The second kappa shape index (κ2) is 6.13. The molecule has 0 amide bonds. The average molecular weight is 329 g/mol. The summed E-state index contributed by atoms with van der Waals surface area (Å²) < 4.78 is 0. The molecule has 3 rings (SSSR count). The van der Waals surface area contributed by atoms with E-state index >= 15 is 0 Å². The Bertz CT molecular complexity index is 574. The maximum absolute atomic E-state index is 3.92. The van der Waals surface area contributed by atoms with Crippen molar-refractivity contribution in [2.75, 3.05) is 0 Å². The van der Waals surface area contributed by atoms with Gasteiger partial charge in [0.05, 0.1) is 0 Å². The van der Waals surface area contributed by atoms with Crippen molar-refractivity contribution in [2.45, 2.75) is 43.4 Å². The van der Waals surface area contributed by atoms with E-state index in [1.165, 1.54) is 36.8 Å². The number of alkyl halides is 1. The predicted octanol–water partition coefficient (Wildman–Crippen LogP) is 5.81. The minimum atomic E-state index is 0.386. The van der Waals surface area contributed by atoms with E-state index in [1.807, 2.05) is 0 Å². The monoisotopic (exact) mass is 328 g/mol. The molecule has 0 heterocycles. The molecule has 0 aromatic heterocycles. The zero-order valence-corrected chi connectivity index (χ0v) is 13.6. The first-order valence-corrected chi connectivity index (χ1v) is 8.48. The third-order valence-electron chi connectivity index (χ3n) is 4.46. The molecule has 2 atom stereocenters. The molecule has 2 unspecified atom stereocenters. The maximum atomic E-state index is 3.92. The van der Waals surface area contributed by atoms with Crippen LogP contribution in [0.2, 0.25) is 0 Å². The topological polar surface area (TPSA) is 0 Å². The summed E-state index contributed by atoms with van der Waals surface area (Å²) in [6, 6.07) is 17.8. The summed E-state index contributed by atoms with van der Waals surface area (Å²) in [6.07, 6.45) is 5.21. The van der Waals surface area contributed by atoms with Gasteiger partial charge in [-0.1, -0.05) is 71.4 Å². The largest absolute Gasteiger partial charge is 0.0832 e. The van der Waals surface area contributed by atoms with Crippen molar-refractivity contribution < 1.29 is 0 Å². The van der Waals surface area contributed by atoms with Crippen LogP contribution in [0.1, 0.15) is 52.8 Å². The van der Waals surface area contributed by atoms with Crippen molar-refractivity contribution >= 4 is 15.9 Å². The van der Waals surface area contributed by atoms with Crippen molar-refractivity contribution in [1.29, 1.82) is 0 Å². The summed E-state index contributed by atoms with van der Waals surface area (Å²) in [4.78, 5) is 0.386. The standard InChI is InChI=1S/C19H21Br/c1-14(15-7-3-2-4-8-15)19(20)18-12-11-16-9-5-6-10-17(16)13-18/h2-4,7-8,11-14,19H,5-6,9-10H2,1H3. The molecule has 0 N–H and O–H groups in total. The molecule has 0 spiro atoms. The fourth-order valence-electron chi connectivity index (χ4n) is 3.14. The third-order valence-corrected chi connectivity index (χ3v) is 5.78. The van der Waals surface area contributed by atoms with Crippen LogP contribution < -0.4 is 0 Å². The maximum Gasteiger partial charge on any atom is 0.0461 e. The van der Waals surface area contributed by atoms with Crippen LogP contribution in [0.5, 0.6) is 0 Å². The summed E-state index contributed by atoms with van der Waals surface area (Å²) >= 11 is 3.92. The Morgan fingerprint density at radius 2 is 1.55 bits per heavy atom. The normalized spacial score (nSPS) is 17.3. The lowest BCUT2D eigenvalue weighted by Crippen LogP contribution is -2.06. The zero-order chi connectivity index (χ0) is 13.9. The van der Waals surface area contributed by atoms with Crippen LogP contribution in [0, 0.1) is 0 Å². The number of halogens is 1. The second-order valence-corrected chi connectivity index (χ2v) is 6.82. The first-order valence-electron chi connectivity index (χ1n) is 7.56. The molecule has 0 bridgehead atoms. The number of fused-ring (bicyclic) bond motifs is 1. The van der Waals surface area contributed by atoms with Crippen molar-refractivity contribution in [2.24, 2.45) is 0 Å². The lowest BCUT2D eigenvalue weighted by Gasteiger charge is -2.22. The molecule has 1 heteroatoms. The van der Waals surface area contributed by atoms with Gasteiger partial charge >= 0.3 is 0 Å². The molecule has 0 nitrogen and oxygen atoms in total. The SMILES string of the molecule is CC(c1ccccc1)C(Br)c1ccc2c(c1)CCCC2. The van der Waals surface area contributed by atoms with Gasteiger partial charge in [0.25, 0.3) is 0 Å². The summed E-state index contributed by atoms with van der Waals surface area (Å²) in [5, 5.41) is 0. The third kappa shape index (κ3) is 2.83. The molecule has 0 fully saturated rings. The van der Waals surface area contributed by atoms with Gasteiger partial charge in [0.2, 0.25) is 0 Å². The van der Waals surface area contributed by atoms with E-state index in [4.69, 9.17) is 0 Å². The summed E-state index contributed by atoms with van der Waals surface area (Å²) in [5.74, 6) is 0.484. The van der Waals surface area contributed by atoms with Gasteiger partial charge < -0.3 is 0 Å². The van der Waals surface area contributed by atoms with E-state index in [2.05, 4.69) is 71.4 Å². The molecular formula is C19H21Br. The van der Waals surface area contributed by atoms with E-state index in [1.54, 1.807) is 11.1 Å². The Morgan fingerprint density at radius 1 is 0.850 bits per heavy atom. The van der Waals surface area contributed by atoms with E-state index in [9.17, 15) is 0 Å². The highest BCUT2D eigenvalue weighted by atomic mass is 79.9. The highest BCUT2D eigenvalue weighted by Crippen LogP contribution is 2.38. The van der Waals surface area contributed by atoms with Gasteiger partial charge in [0.15, 0.2) is 0 Å². The number of hydrogen-bond acceptors (Lipinski definition) is 0. The van der Waals surface area contributed by atoms with E-state index in [0.29, 0.717) is 10.7 Å². The molecule has 20 heavy (non-hydrogen) atoms. The van der Waals surface area contributed by atoms with Crippen LogP contribution in [0.25, 0.3) is 0 Å². The van der Waals surface area contributed by atoms with Gasteiger partial charge in [0.1, 0.15) is 0 Å². The van der Waals surface area contributed by atoms with Crippen LogP contribution in [-0.4, -0.2) is 0 Å². The molecule has 0 saturated heterocycles. The number of benzene rings is 2. The lowest BCUT2D eigenvalue weighted by molar-refractivity contribution is 0.681. The van der Waals surface area contributed by atoms with Crippen LogP contribution in [-0.2, 0) is 12.8 Å². The summed E-state index contributed by atoms with van der Waals surface area (Å²) in [6.45, 7) is 2.30. The van der Waals surface area contributed by atoms with Gasteiger partial charge in [-0.2, -0.15) is 0 Å². The van der Waals surface area contributed by atoms with E-state index < -0.39 is 0 Å². The molecule has 0 saturated carbocycles. The second-order valence-electron chi connectivity index (χ2n) is 5.84. The first-order chi connectivity index (χ1) is 9.75. The zero-order valence-electron chi connectivity index (χ0n) is 12.0. The Balaban J connectivity index is 1.85. The minimum absolute atomic E-state index is 0.386. The van der Waals surface area contributed by atoms with Gasteiger partial charge in [-0.3, -0.25) is 0 Å². The highest BCUT2D eigenvalue weighted by Gasteiger charge is 2.19. The molecule has 1 aliphatic rings. The van der Waals surface area contributed by atoms with Crippen LogP contribution >= 0.6 is 15.9 Å². The lowest BCUT2D eigenvalue weighted by atomic mass is 9.87. The first kappa shape index (κ1) is 13.9. The van der Waals surface area contributed by atoms with Crippen molar-refractivity contribution in [3.63, 3.8) is 0 Å². The van der Waals surface area contributed by atoms with Gasteiger partial charge in [-0.05, 0) is 53.9 Å².